The van der Waals surface area contributed by atoms with Crippen molar-refractivity contribution in [2.24, 2.45) is 5.92 Å². The van der Waals surface area contributed by atoms with Gasteiger partial charge in [0.05, 0.1) is 23.3 Å². The lowest BCUT2D eigenvalue weighted by Gasteiger charge is -2.36. The lowest BCUT2D eigenvalue weighted by atomic mass is 10.0. The van der Waals surface area contributed by atoms with Crippen molar-refractivity contribution in [3.05, 3.63) is 59.4 Å². The van der Waals surface area contributed by atoms with Crippen LogP contribution >= 0.6 is 0 Å². The minimum absolute atomic E-state index is 0.00423. The first-order valence-electron chi connectivity index (χ1n) is 12.3. The Labute approximate surface area is 223 Å². The maximum Gasteiger partial charge on any atom is 0.397 e. The van der Waals surface area contributed by atoms with E-state index in [9.17, 15) is 31.9 Å². The number of benzene rings is 2. The Balaban J connectivity index is 1.97. The third kappa shape index (κ3) is 7.69. The fraction of sp³-hybridized carbons (Fsp3) is 0.444. The third-order valence-corrected chi connectivity index (χ3v) is 6.45. The molecule has 0 saturated heterocycles. The number of nitrogens with zero attached hydrogens (tertiary/aromatic N) is 2. The highest BCUT2D eigenvalue weighted by molar-refractivity contribution is 5.99. The van der Waals surface area contributed by atoms with Crippen molar-refractivity contribution in [2.75, 3.05) is 39.2 Å². The average Bonchev–Trinajstić information content (AvgIpc) is 2.86. The normalized spacial score (nSPS) is 20.8. The van der Waals surface area contributed by atoms with Gasteiger partial charge in [-0.1, -0.05) is 19.1 Å². The number of halogens is 4. The largest absolute Gasteiger partial charge is 0.491 e. The summed E-state index contributed by atoms with van der Waals surface area (Å²) >= 11 is 0. The van der Waals surface area contributed by atoms with Crippen LogP contribution in [0.1, 0.15) is 41.0 Å². The van der Waals surface area contributed by atoms with Gasteiger partial charge < -0.3 is 24.6 Å². The van der Waals surface area contributed by atoms with Crippen molar-refractivity contribution in [1.29, 1.82) is 0 Å². The Hall–Kier alpha value is -3.67. The van der Waals surface area contributed by atoms with Crippen LogP contribution in [0.4, 0.5) is 23.2 Å². The van der Waals surface area contributed by atoms with E-state index in [0.717, 1.165) is 0 Å². The molecule has 12 heteroatoms. The number of amides is 3. The summed E-state index contributed by atoms with van der Waals surface area (Å²) in [6, 6.07) is 9.01. The van der Waals surface area contributed by atoms with Gasteiger partial charge in [0.25, 0.3) is 11.8 Å². The maximum absolute atomic E-state index is 14.5. The van der Waals surface area contributed by atoms with Gasteiger partial charge in [0.2, 0.25) is 5.91 Å². The number of rotatable bonds is 4. The van der Waals surface area contributed by atoms with Crippen LogP contribution in [0.5, 0.6) is 5.75 Å². The van der Waals surface area contributed by atoms with Crippen molar-refractivity contribution in [3.63, 3.8) is 0 Å². The number of methoxy groups -OCH3 is 1. The third-order valence-electron chi connectivity index (χ3n) is 6.45. The second kappa shape index (κ2) is 12.5. The van der Waals surface area contributed by atoms with E-state index < -0.39 is 48.3 Å². The highest BCUT2D eigenvalue weighted by Crippen LogP contribution is 2.28. The fourth-order valence-corrected chi connectivity index (χ4v) is 4.31. The Bertz CT molecular complexity index is 1210. The van der Waals surface area contributed by atoms with E-state index in [1.165, 1.54) is 60.4 Å². The average molecular weight is 554 g/mol. The molecule has 0 spiro atoms. The van der Waals surface area contributed by atoms with Gasteiger partial charge in [-0.3, -0.25) is 14.4 Å². The zero-order valence-electron chi connectivity index (χ0n) is 22.0. The van der Waals surface area contributed by atoms with Crippen LogP contribution in [0.25, 0.3) is 0 Å². The van der Waals surface area contributed by atoms with Crippen LogP contribution in [0.2, 0.25) is 0 Å². The van der Waals surface area contributed by atoms with E-state index in [-0.39, 0.29) is 48.2 Å². The van der Waals surface area contributed by atoms with Gasteiger partial charge in [-0.2, -0.15) is 13.2 Å². The second-order valence-electron chi connectivity index (χ2n) is 9.59. The molecule has 0 bridgehead atoms. The number of likely N-dealkylation sites (N-methyl/N-ethyl adjacent to an activating group) is 1. The number of anilines is 1. The van der Waals surface area contributed by atoms with E-state index in [0.29, 0.717) is 0 Å². The van der Waals surface area contributed by atoms with Crippen LogP contribution in [0, 0.1) is 11.7 Å². The second-order valence-corrected chi connectivity index (χ2v) is 9.59. The molecule has 8 nitrogen and oxygen atoms in total. The molecule has 2 aromatic carbocycles. The number of fused-ring (bicyclic) bond motifs is 1. The predicted octanol–water partition coefficient (Wildman–Crippen LogP) is 4.36. The van der Waals surface area contributed by atoms with Crippen LogP contribution < -0.4 is 10.1 Å². The molecular formula is C27H31F4N3O5. The highest BCUT2D eigenvalue weighted by Gasteiger charge is 2.33. The summed E-state index contributed by atoms with van der Waals surface area (Å²) in [5, 5.41) is 2.15. The first-order valence-corrected chi connectivity index (χ1v) is 12.3. The number of carbonyl (C=O) groups is 3. The molecule has 1 heterocycles. The summed E-state index contributed by atoms with van der Waals surface area (Å²) in [5.41, 5.74) is -0.101. The number of hydrogen-bond acceptors (Lipinski definition) is 5. The molecule has 3 atom stereocenters. The highest BCUT2D eigenvalue weighted by atomic mass is 19.4. The lowest BCUT2D eigenvalue weighted by molar-refractivity contribution is -0.150. The molecule has 0 radical (unpaired) electrons. The van der Waals surface area contributed by atoms with E-state index in [1.807, 2.05) is 6.92 Å². The molecule has 0 fully saturated rings. The summed E-state index contributed by atoms with van der Waals surface area (Å²) in [4.78, 5) is 41.4. The van der Waals surface area contributed by atoms with E-state index in [2.05, 4.69) is 5.32 Å². The number of ether oxygens (including phenoxy) is 2. The molecule has 0 aliphatic carbocycles. The summed E-state index contributed by atoms with van der Waals surface area (Å²) in [6.07, 6.45) is -6.88. The van der Waals surface area contributed by atoms with Crippen LogP contribution in [-0.4, -0.2) is 79.7 Å². The minimum atomic E-state index is -4.69. The molecule has 0 aromatic heterocycles. The summed E-state index contributed by atoms with van der Waals surface area (Å²) < 4.78 is 63.8. The summed E-state index contributed by atoms with van der Waals surface area (Å²) in [6.45, 7) is 3.79. The Kier molecular flexibility index (Phi) is 9.54. The van der Waals surface area contributed by atoms with Crippen LogP contribution in [0.3, 0.4) is 0 Å². The first-order chi connectivity index (χ1) is 18.3. The fourth-order valence-electron chi connectivity index (χ4n) is 4.31. The molecule has 0 saturated carbocycles. The van der Waals surface area contributed by atoms with Crippen molar-refractivity contribution >= 4 is 23.4 Å². The topological polar surface area (TPSA) is 88.2 Å². The van der Waals surface area contributed by atoms with E-state index >= 15 is 0 Å². The van der Waals surface area contributed by atoms with Gasteiger partial charge in [-0.15, -0.1) is 0 Å². The number of carbonyl (C=O) groups excluding carboxylic acids is 3. The van der Waals surface area contributed by atoms with Crippen molar-refractivity contribution in [2.45, 2.75) is 38.6 Å². The molecule has 3 amide bonds. The first kappa shape index (κ1) is 29.9. The number of alkyl halides is 3. The maximum atomic E-state index is 14.5. The molecule has 1 aliphatic heterocycles. The smallest absolute Gasteiger partial charge is 0.397 e. The zero-order valence-corrected chi connectivity index (χ0v) is 22.0. The monoisotopic (exact) mass is 553 g/mol. The molecular weight excluding hydrogens is 522 g/mol. The summed E-state index contributed by atoms with van der Waals surface area (Å²) in [5.74, 6) is -3.15. The van der Waals surface area contributed by atoms with Gasteiger partial charge >= 0.3 is 6.18 Å². The Morgan fingerprint density at radius 3 is 2.46 bits per heavy atom. The van der Waals surface area contributed by atoms with Crippen molar-refractivity contribution < 1.29 is 41.4 Å². The van der Waals surface area contributed by atoms with Gasteiger partial charge in [0, 0.05) is 38.9 Å². The number of nitrogens with one attached hydrogen (secondary N) is 1. The minimum Gasteiger partial charge on any atom is -0.491 e. The molecule has 0 unspecified atom stereocenters. The number of hydrogen-bond donors (Lipinski definition) is 1. The molecule has 39 heavy (non-hydrogen) atoms. The van der Waals surface area contributed by atoms with Gasteiger partial charge in [-0.25, -0.2) is 4.39 Å². The zero-order chi connectivity index (χ0) is 28.9. The van der Waals surface area contributed by atoms with E-state index in [4.69, 9.17) is 9.47 Å². The standard InChI is InChI=1S/C27H31F4N3O5/c1-16-13-34(26(37)19-7-5-6-8-21(19)28)17(2)15-39-22-10-9-18(32-24(35)12-27(29,30)31)11-20(22)25(36)33(3)14-23(16)38-4/h5-11,16-17,23H,12-15H2,1-4H3,(H,32,35)/t16-,17+,23-/m0/s1. The van der Waals surface area contributed by atoms with E-state index in [1.54, 1.807) is 13.0 Å². The SMILES string of the molecule is CO[C@H]1CN(C)C(=O)c2cc(NC(=O)CC(F)(F)F)ccc2OC[C@@H](C)N(C(=O)c2ccccc2F)C[C@@H]1C. The van der Waals surface area contributed by atoms with Crippen molar-refractivity contribution in [1.82, 2.24) is 9.80 Å². The molecule has 1 aliphatic rings. The van der Waals surface area contributed by atoms with Crippen molar-refractivity contribution in [3.8, 4) is 5.75 Å². The van der Waals surface area contributed by atoms with Gasteiger partial charge in [-0.05, 0) is 37.3 Å². The molecule has 3 rings (SSSR count). The van der Waals surface area contributed by atoms with Gasteiger partial charge in [0.15, 0.2) is 0 Å². The van der Waals surface area contributed by atoms with Crippen LogP contribution in [-0.2, 0) is 9.53 Å². The van der Waals surface area contributed by atoms with Crippen LogP contribution in [0.15, 0.2) is 42.5 Å². The Morgan fingerprint density at radius 2 is 1.82 bits per heavy atom. The molecule has 212 valence electrons. The summed E-state index contributed by atoms with van der Waals surface area (Å²) in [7, 11) is 3.00. The van der Waals surface area contributed by atoms with Gasteiger partial charge in [0.1, 0.15) is 24.6 Å². The lowest BCUT2D eigenvalue weighted by Crippen LogP contribution is -2.48. The Morgan fingerprint density at radius 1 is 1.13 bits per heavy atom. The molecule has 2 aromatic rings. The predicted molar refractivity (Wildman–Crippen MR) is 135 cm³/mol. The quantitative estimate of drug-likeness (QED) is 0.569. The molecule has 1 N–H and O–H groups in total.